The van der Waals surface area contributed by atoms with Gasteiger partial charge >= 0.3 is 5.97 Å². The maximum atomic E-state index is 14.1. The third kappa shape index (κ3) is 3.70. The zero-order valence-electron chi connectivity index (χ0n) is 21.0. The van der Waals surface area contributed by atoms with E-state index >= 15 is 0 Å². The summed E-state index contributed by atoms with van der Waals surface area (Å²) in [7, 11) is 0. The lowest BCUT2D eigenvalue weighted by Gasteiger charge is -2.42. The zero-order valence-corrected chi connectivity index (χ0v) is 21.0. The van der Waals surface area contributed by atoms with Gasteiger partial charge < -0.3 is 24.4 Å². The molecule has 4 heterocycles. The fourth-order valence-corrected chi connectivity index (χ4v) is 6.15. The summed E-state index contributed by atoms with van der Waals surface area (Å²) in [5.41, 5.74) is -2.91. The Balaban J connectivity index is 1.91. The summed E-state index contributed by atoms with van der Waals surface area (Å²) >= 11 is 0. The number of carbonyl (C=O) groups is 3. The van der Waals surface area contributed by atoms with Crippen LogP contribution < -0.4 is 0 Å². The predicted octanol–water partition coefficient (Wildman–Crippen LogP) is 2.21. The van der Waals surface area contributed by atoms with Gasteiger partial charge in [0.15, 0.2) is 0 Å². The lowest BCUT2D eigenvalue weighted by Crippen LogP contribution is -2.61. The van der Waals surface area contributed by atoms with E-state index in [-0.39, 0.29) is 18.4 Å². The van der Waals surface area contributed by atoms with Gasteiger partial charge in [-0.15, -0.1) is 0 Å². The van der Waals surface area contributed by atoms with Gasteiger partial charge in [0.05, 0.1) is 30.8 Å². The topological polar surface area (TPSA) is 96.4 Å². The Hall–Kier alpha value is -2.19. The molecule has 0 bridgehead atoms. The molecule has 0 aliphatic carbocycles. The minimum Gasteiger partial charge on any atom is -0.465 e. The predicted molar refractivity (Wildman–Crippen MR) is 126 cm³/mol. The van der Waals surface area contributed by atoms with Crippen LogP contribution in [-0.4, -0.2) is 81.3 Å². The number of aliphatic hydroxyl groups is 1. The Morgan fingerprint density at radius 2 is 1.85 bits per heavy atom. The Morgan fingerprint density at radius 1 is 1.12 bits per heavy atom. The van der Waals surface area contributed by atoms with Crippen molar-refractivity contribution in [2.75, 3.05) is 19.8 Å². The van der Waals surface area contributed by atoms with E-state index in [9.17, 15) is 19.5 Å². The van der Waals surface area contributed by atoms with Gasteiger partial charge in [-0.05, 0) is 53.4 Å². The van der Waals surface area contributed by atoms with Crippen molar-refractivity contribution in [3.8, 4) is 0 Å². The van der Waals surface area contributed by atoms with E-state index in [0.717, 1.165) is 19.3 Å². The lowest BCUT2D eigenvalue weighted by atomic mass is 9.74. The summed E-state index contributed by atoms with van der Waals surface area (Å²) in [4.78, 5) is 44.9. The molecule has 0 saturated carbocycles. The monoisotopic (exact) mass is 474 g/mol. The highest BCUT2D eigenvalue weighted by atomic mass is 16.6. The number of amides is 2. The van der Waals surface area contributed by atoms with Crippen LogP contribution >= 0.6 is 0 Å². The molecule has 34 heavy (non-hydrogen) atoms. The van der Waals surface area contributed by atoms with E-state index < -0.39 is 46.6 Å². The number of hydrogen-bond donors (Lipinski definition) is 1. The van der Waals surface area contributed by atoms with Crippen molar-refractivity contribution in [2.45, 2.75) is 89.1 Å². The molecule has 8 nitrogen and oxygen atoms in total. The highest BCUT2D eigenvalue weighted by molar-refractivity contribution is 5.99. The van der Waals surface area contributed by atoms with Gasteiger partial charge in [-0.3, -0.25) is 14.4 Å². The molecule has 1 spiro atoms. The normalized spacial score (nSPS) is 38.1. The van der Waals surface area contributed by atoms with Crippen molar-refractivity contribution in [1.82, 2.24) is 9.80 Å². The average molecular weight is 475 g/mol. The first-order valence-electron chi connectivity index (χ1n) is 12.5. The second kappa shape index (κ2) is 8.79. The molecule has 4 aliphatic rings. The maximum Gasteiger partial charge on any atom is 0.313 e. The van der Waals surface area contributed by atoms with E-state index in [0.29, 0.717) is 19.6 Å². The van der Waals surface area contributed by atoms with Crippen molar-refractivity contribution >= 4 is 17.8 Å². The second-order valence-corrected chi connectivity index (χ2v) is 11.1. The van der Waals surface area contributed by atoms with Crippen LogP contribution in [0.5, 0.6) is 0 Å². The van der Waals surface area contributed by atoms with Crippen molar-refractivity contribution < 1.29 is 29.0 Å². The number of cyclic esters (lactones) is 1. The third-order valence-corrected chi connectivity index (χ3v) is 7.82. The summed E-state index contributed by atoms with van der Waals surface area (Å²) in [6, 6.07) is -1.53. The van der Waals surface area contributed by atoms with Crippen molar-refractivity contribution in [3.63, 3.8) is 0 Å². The van der Waals surface area contributed by atoms with E-state index in [2.05, 4.69) is 0 Å². The van der Waals surface area contributed by atoms with Crippen LogP contribution in [0, 0.1) is 11.8 Å². The highest BCUT2D eigenvalue weighted by Gasteiger charge is 2.75. The number of nitrogens with zero attached hydrogens (tertiary/aromatic N) is 2. The molecule has 188 valence electrons. The number of hydrogen-bond acceptors (Lipinski definition) is 6. The summed E-state index contributed by atoms with van der Waals surface area (Å²) < 4.78 is 12.4. The van der Waals surface area contributed by atoms with Crippen LogP contribution in [0.25, 0.3) is 0 Å². The lowest BCUT2D eigenvalue weighted by molar-refractivity contribution is -0.162. The second-order valence-electron chi connectivity index (χ2n) is 11.1. The molecule has 8 heteroatoms. The number of carbonyl (C=O) groups excluding carboxylic acids is 3. The van der Waals surface area contributed by atoms with Gasteiger partial charge in [0.2, 0.25) is 11.8 Å². The van der Waals surface area contributed by atoms with Crippen LogP contribution in [-0.2, 0) is 23.9 Å². The molecule has 0 aromatic carbocycles. The summed E-state index contributed by atoms with van der Waals surface area (Å²) in [5, 5.41) is 10.1. The molecular formula is C26H38N2O6. The standard InChI is InChI=1S/C26H38N2O6/c1-6-17(16-29)28-20-22(31)27(24(2,3)4)14-11-13-26(20)18(21(28)30)19-23(32)33-15-10-8-7-9-12-25(19,5)34-26/h9,11-13,17-20,29H,6-8,10,14-16H2,1-5H3/b12-9-/t17-,18-,19-,20?,25+,26-/m0/s1. The third-order valence-electron chi connectivity index (χ3n) is 7.82. The average Bonchev–Trinajstić information content (AvgIpc) is 3.08. The zero-order chi connectivity index (χ0) is 24.9. The molecule has 2 amide bonds. The largest absolute Gasteiger partial charge is 0.465 e. The van der Waals surface area contributed by atoms with Crippen LogP contribution in [0.2, 0.25) is 0 Å². The van der Waals surface area contributed by atoms with E-state index in [1.165, 1.54) is 4.90 Å². The fraction of sp³-hybridized carbons (Fsp3) is 0.731. The number of likely N-dealkylation sites (tertiary alicyclic amines) is 1. The molecule has 0 aromatic heterocycles. The molecule has 2 fully saturated rings. The maximum absolute atomic E-state index is 14.1. The van der Waals surface area contributed by atoms with E-state index in [1.54, 1.807) is 4.90 Å². The van der Waals surface area contributed by atoms with Crippen LogP contribution in [0.15, 0.2) is 24.3 Å². The molecule has 0 aromatic rings. The number of aliphatic hydroxyl groups excluding tert-OH is 1. The van der Waals surface area contributed by atoms with E-state index in [4.69, 9.17) is 9.47 Å². The molecule has 4 aliphatic heterocycles. The minimum absolute atomic E-state index is 0.232. The molecule has 0 radical (unpaired) electrons. The SMILES string of the molecule is CC[C@@H](CO)N1C(=O)[C@@H]2[C@H]3C(=O)OCCCC/C=C\[C@@]3(C)O[C@@]23C=CCN(C(C)(C)C)C(=O)C13. The minimum atomic E-state index is -1.33. The number of ether oxygens (including phenoxy) is 2. The number of rotatable bonds is 3. The number of allylic oxidation sites excluding steroid dienone is 1. The number of fused-ring (bicyclic) bond motifs is 2. The van der Waals surface area contributed by atoms with Crippen molar-refractivity contribution in [2.24, 2.45) is 11.8 Å². The molecule has 2 saturated heterocycles. The molecule has 1 N–H and O–H groups in total. The van der Waals surface area contributed by atoms with E-state index in [1.807, 2.05) is 58.9 Å². The Kier molecular flexibility index (Phi) is 6.44. The van der Waals surface area contributed by atoms with Gasteiger partial charge in [-0.2, -0.15) is 0 Å². The molecular weight excluding hydrogens is 436 g/mol. The Morgan fingerprint density at radius 3 is 2.50 bits per heavy atom. The summed E-state index contributed by atoms with van der Waals surface area (Å²) in [5.74, 6) is -2.85. The quantitative estimate of drug-likeness (QED) is 0.498. The van der Waals surface area contributed by atoms with Gasteiger partial charge in [-0.25, -0.2) is 0 Å². The fourth-order valence-electron chi connectivity index (χ4n) is 6.15. The van der Waals surface area contributed by atoms with Crippen molar-refractivity contribution in [1.29, 1.82) is 0 Å². The van der Waals surface area contributed by atoms with Crippen LogP contribution in [0.3, 0.4) is 0 Å². The first kappa shape index (κ1) is 24.9. The highest BCUT2D eigenvalue weighted by Crippen LogP contribution is 2.57. The van der Waals surface area contributed by atoms with Gasteiger partial charge in [0.1, 0.15) is 17.6 Å². The summed E-state index contributed by atoms with van der Waals surface area (Å²) in [6.45, 7) is 9.94. The Bertz CT molecular complexity index is 903. The van der Waals surface area contributed by atoms with Crippen LogP contribution in [0.1, 0.15) is 60.3 Å². The molecule has 6 atom stereocenters. The van der Waals surface area contributed by atoms with Gasteiger partial charge in [-0.1, -0.05) is 31.2 Å². The summed E-state index contributed by atoms with van der Waals surface area (Å²) in [6.07, 6.45) is 10.5. The number of esters is 1. The molecule has 4 rings (SSSR count). The van der Waals surface area contributed by atoms with Gasteiger partial charge in [0.25, 0.3) is 0 Å². The molecule has 1 unspecified atom stereocenters. The van der Waals surface area contributed by atoms with Gasteiger partial charge in [0, 0.05) is 12.1 Å². The Labute approximate surface area is 201 Å². The first-order valence-corrected chi connectivity index (χ1v) is 12.5. The first-order chi connectivity index (χ1) is 16.0. The smallest absolute Gasteiger partial charge is 0.313 e. The van der Waals surface area contributed by atoms with Crippen molar-refractivity contribution in [3.05, 3.63) is 24.3 Å². The van der Waals surface area contributed by atoms with Crippen LogP contribution in [0.4, 0.5) is 0 Å².